The molecule has 3 aromatic heterocycles. The second kappa shape index (κ2) is 5.81. The minimum absolute atomic E-state index is 0.696. The first-order valence-electron chi connectivity index (χ1n) is 7.25. The zero-order valence-electron chi connectivity index (χ0n) is 12.2. The summed E-state index contributed by atoms with van der Waals surface area (Å²) in [6.07, 6.45) is 7.09. The molecule has 4 rings (SSSR count). The molecular weight excluding hydrogens is 286 g/mol. The summed E-state index contributed by atoms with van der Waals surface area (Å²) in [5.74, 6) is 0.696. The highest BCUT2D eigenvalue weighted by molar-refractivity contribution is 5.70. The fourth-order valence-electron chi connectivity index (χ4n) is 2.37. The summed E-state index contributed by atoms with van der Waals surface area (Å²) in [6.45, 7) is 0. The van der Waals surface area contributed by atoms with Crippen LogP contribution < -0.4 is 0 Å². The van der Waals surface area contributed by atoms with Crippen LogP contribution in [0.1, 0.15) is 0 Å². The molecule has 0 unspecified atom stereocenters. The Morgan fingerprint density at radius 3 is 2.48 bits per heavy atom. The highest BCUT2D eigenvalue weighted by atomic mass is 15.5. The second-order valence-corrected chi connectivity index (χ2v) is 5.03. The highest BCUT2D eigenvalue weighted by Gasteiger charge is 2.07. The topological polar surface area (TPSA) is 56.5 Å². The van der Waals surface area contributed by atoms with Crippen LogP contribution in [-0.4, -0.2) is 25.0 Å². The monoisotopic (exact) mass is 299 g/mol. The van der Waals surface area contributed by atoms with Gasteiger partial charge in [0.25, 0.3) is 0 Å². The molecule has 5 heteroatoms. The SMILES string of the molecule is c1ccc(-n2ncc(-c3cccc(-c4cccnc4)c3)n2)nc1. The molecule has 0 aliphatic rings. The molecule has 0 saturated carbocycles. The zero-order chi connectivity index (χ0) is 15.5. The lowest BCUT2D eigenvalue weighted by atomic mass is 10.0. The maximum absolute atomic E-state index is 4.51. The van der Waals surface area contributed by atoms with E-state index < -0.39 is 0 Å². The van der Waals surface area contributed by atoms with Crippen molar-refractivity contribution in [2.75, 3.05) is 0 Å². The van der Waals surface area contributed by atoms with Gasteiger partial charge in [0.15, 0.2) is 5.82 Å². The quantitative estimate of drug-likeness (QED) is 0.582. The molecule has 0 aliphatic heterocycles. The lowest BCUT2D eigenvalue weighted by molar-refractivity contribution is 0.731. The van der Waals surface area contributed by atoms with Crippen molar-refractivity contribution in [2.24, 2.45) is 0 Å². The molecule has 0 amide bonds. The first-order chi connectivity index (χ1) is 11.4. The Bertz CT molecular complexity index is 916. The Balaban J connectivity index is 1.71. The summed E-state index contributed by atoms with van der Waals surface area (Å²) in [5.41, 5.74) is 3.99. The minimum atomic E-state index is 0.696. The number of hydrogen-bond donors (Lipinski definition) is 0. The van der Waals surface area contributed by atoms with Crippen LogP contribution in [0.4, 0.5) is 0 Å². The van der Waals surface area contributed by atoms with Crippen molar-refractivity contribution in [2.45, 2.75) is 0 Å². The maximum atomic E-state index is 4.51. The first kappa shape index (κ1) is 13.3. The van der Waals surface area contributed by atoms with Gasteiger partial charge in [-0.1, -0.05) is 30.3 Å². The van der Waals surface area contributed by atoms with Gasteiger partial charge in [-0.25, -0.2) is 4.98 Å². The van der Waals surface area contributed by atoms with E-state index in [1.807, 2.05) is 48.7 Å². The van der Waals surface area contributed by atoms with Crippen molar-refractivity contribution < 1.29 is 0 Å². The van der Waals surface area contributed by atoms with Crippen molar-refractivity contribution in [1.82, 2.24) is 25.0 Å². The predicted octanol–water partition coefficient (Wildman–Crippen LogP) is 3.39. The summed E-state index contributed by atoms with van der Waals surface area (Å²) >= 11 is 0. The fraction of sp³-hybridized carbons (Fsp3) is 0. The number of pyridine rings is 2. The van der Waals surface area contributed by atoms with Crippen molar-refractivity contribution in [3.05, 3.63) is 79.4 Å². The molecule has 110 valence electrons. The molecule has 0 saturated heterocycles. The molecule has 0 atom stereocenters. The highest BCUT2D eigenvalue weighted by Crippen LogP contribution is 2.24. The average Bonchev–Trinajstić information content (AvgIpc) is 3.14. The van der Waals surface area contributed by atoms with Crippen LogP contribution in [0.3, 0.4) is 0 Å². The molecule has 1 aromatic carbocycles. The van der Waals surface area contributed by atoms with Crippen LogP contribution in [0, 0.1) is 0 Å². The molecular formula is C18H13N5. The standard InChI is InChI=1S/C18H13N5/c1-2-10-20-18(8-1)23-21-13-17(22-23)15-6-3-5-14(11-15)16-7-4-9-19-12-16/h1-13H. The van der Waals surface area contributed by atoms with Gasteiger partial charge >= 0.3 is 0 Å². The lowest BCUT2D eigenvalue weighted by Crippen LogP contribution is -2.00. The third kappa shape index (κ3) is 2.72. The molecule has 0 fully saturated rings. The molecule has 4 aromatic rings. The van der Waals surface area contributed by atoms with Crippen molar-refractivity contribution in [1.29, 1.82) is 0 Å². The van der Waals surface area contributed by atoms with Crippen molar-refractivity contribution >= 4 is 0 Å². The Morgan fingerprint density at radius 1 is 0.739 bits per heavy atom. The van der Waals surface area contributed by atoms with Crippen LogP contribution in [-0.2, 0) is 0 Å². The number of aromatic nitrogens is 5. The van der Waals surface area contributed by atoms with Gasteiger partial charge < -0.3 is 0 Å². The third-order valence-corrected chi connectivity index (χ3v) is 3.50. The second-order valence-electron chi connectivity index (χ2n) is 5.03. The molecule has 0 aliphatic carbocycles. The smallest absolute Gasteiger partial charge is 0.174 e. The van der Waals surface area contributed by atoms with Gasteiger partial charge in [0.05, 0.1) is 6.20 Å². The summed E-state index contributed by atoms with van der Waals surface area (Å²) in [4.78, 5) is 9.95. The van der Waals surface area contributed by atoms with E-state index in [1.165, 1.54) is 4.80 Å². The van der Waals surface area contributed by atoms with E-state index in [0.717, 1.165) is 22.4 Å². The number of rotatable bonds is 3. The van der Waals surface area contributed by atoms with E-state index in [-0.39, 0.29) is 0 Å². The lowest BCUT2D eigenvalue weighted by Gasteiger charge is -2.03. The van der Waals surface area contributed by atoms with Crippen LogP contribution in [0.2, 0.25) is 0 Å². The average molecular weight is 299 g/mol. The Labute approximate surface area is 133 Å². The van der Waals surface area contributed by atoms with Crippen molar-refractivity contribution in [3.8, 4) is 28.2 Å². The van der Waals surface area contributed by atoms with Gasteiger partial charge in [0.1, 0.15) is 5.69 Å². The number of nitrogens with zero attached hydrogens (tertiary/aromatic N) is 5. The van der Waals surface area contributed by atoms with E-state index >= 15 is 0 Å². The molecule has 23 heavy (non-hydrogen) atoms. The Hall–Kier alpha value is -3.34. The predicted molar refractivity (Wildman–Crippen MR) is 87.8 cm³/mol. The number of benzene rings is 1. The van der Waals surface area contributed by atoms with Gasteiger partial charge in [-0.05, 0) is 29.8 Å². The normalized spacial score (nSPS) is 10.6. The zero-order valence-corrected chi connectivity index (χ0v) is 12.2. The van der Waals surface area contributed by atoms with Crippen LogP contribution in [0.5, 0.6) is 0 Å². The van der Waals surface area contributed by atoms with E-state index in [0.29, 0.717) is 5.82 Å². The Morgan fingerprint density at radius 2 is 1.65 bits per heavy atom. The van der Waals surface area contributed by atoms with E-state index in [9.17, 15) is 0 Å². The largest absolute Gasteiger partial charge is 0.264 e. The minimum Gasteiger partial charge on any atom is -0.264 e. The molecule has 0 radical (unpaired) electrons. The summed E-state index contributed by atoms with van der Waals surface area (Å²) in [5, 5.41) is 8.81. The Kier molecular flexibility index (Phi) is 3.37. The first-order valence-corrected chi connectivity index (χ1v) is 7.25. The van der Waals surface area contributed by atoms with E-state index in [2.05, 4.69) is 32.3 Å². The van der Waals surface area contributed by atoms with Gasteiger partial charge in [-0.2, -0.15) is 5.10 Å². The molecule has 0 bridgehead atoms. The van der Waals surface area contributed by atoms with Gasteiger partial charge in [-0.3, -0.25) is 4.98 Å². The van der Waals surface area contributed by atoms with Crippen LogP contribution in [0.15, 0.2) is 79.4 Å². The van der Waals surface area contributed by atoms with E-state index in [4.69, 9.17) is 0 Å². The molecule has 5 nitrogen and oxygen atoms in total. The maximum Gasteiger partial charge on any atom is 0.174 e. The summed E-state index contributed by atoms with van der Waals surface area (Å²) in [6, 6.07) is 17.8. The van der Waals surface area contributed by atoms with Gasteiger partial charge in [-0.15, -0.1) is 9.90 Å². The van der Waals surface area contributed by atoms with Gasteiger partial charge in [0.2, 0.25) is 0 Å². The fourth-order valence-corrected chi connectivity index (χ4v) is 2.37. The molecule has 0 N–H and O–H groups in total. The molecule has 3 heterocycles. The number of hydrogen-bond acceptors (Lipinski definition) is 4. The van der Waals surface area contributed by atoms with Crippen molar-refractivity contribution in [3.63, 3.8) is 0 Å². The third-order valence-electron chi connectivity index (χ3n) is 3.50. The van der Waals surface area contributed by atoms with Crippen LogP contribution in [0.25, 0.3) is 28.2 Å². The molecule has 0 spiro atoms. The summed E-state index contributed by atoms with van der Waals surface area (Å²) in [7, 11) is 0. The van der Waals surface area contributed by atoms with E-state index in [1.54, 1.807) is 18.6 Å². The van der Waals surface area contributed by atoms with Gasteiger partial charge in [0, 0.05) is 29.7 Å². The van der Waals surface area contributed by atoms with Crippen LogP contribution >= 0.6 is 0 Å². The summed E-state index contributed by atoms with van der Waals surface area (Å²) < 4.78 is 0.